The predicted octanol–water partition coefficient (Wildman–Crippen LogP) is 8.70. The van der Waals surface area contributed by atoms with E-state index in [1.165, 1.54) is 31.4 Å². The lowest BCUT2D eigenvalue weighted by Crippen LogP contribution is -2.16. The molecule has 0 heterocycles. The molecule has 0 aromatic heterocycles. The van der Waals surface area contributed by atoms with Crippen LogP contribution in [0.1, 0.15) is 76.0 Å². The molecule has 3 rings (SSSR count). The Hall–Kier alpha value is -3.48. The number of halogens is 3. The quantitative estimate of drug-likeness (QED) is 0.235. The lowest BCUT2D eigenvalue weighted by atomic mass is 9.79. The fourth-order valence-electron chi connectivity index (χ4n) is 5.09. The summed E-state index contributed by atoms with van der Waals surface area (Å²) in [6.45, 7) is 7.87. The molecule has 3 aromatic rings. The predicted molar refractivity (Wildman–Crippen MR) is 147 cm³/mol. The summed E-state index contributed by atoms with van der Waals surface area (Å²) in [5.41, 5.74) is 1.77. The zero-order chi connectivity index (χ0) is 28.7. The zero-order valence-electron chi connectivity index (χ0n) is 23.2. The first-order valence-electron chi connectivity index (χ1n) is 13.3. The third kappa shape index (κ3) is 7.55. The number of carbonyl (C=O) groups is 1. The highest BCUT2D eigenvalue weighted by Gasteiger charge is 2.24. The molecule has 0 saturated carbocycles. The molecule has 39 heavy (non-hydrogen) atoms. The summed E-state index contributed by atoms with van der Waals surface area (Å²) in [7, 11) is 1.49. The fourth-order valence-corrected chi connectivity index (χ4v) is 5.09. The number of ether oxygens (including phenoxy) is 2. The molecule has 0 aliphatic heterocycles. The lowest BCUT2D eigenvalue weighted by Gasteiger charge is -2.26. The van der Waals surface area contributed by atoms with Gasteiger partial charge in [0.2, 0.25) is 0 Å². The maximum atomic E-state index is 15.4. The maximum Gasteiger partial charge on any atom is 0.303 e. The van der Waals surface area contributed by atoms with Crippen LogP contribution in [0.4, 0.5) is 13.2 Å². The van der Waals surface area contributed by atoms with Crippen LogP contribution in [0.25, 0.3) is 11.1 Å². The molecule has 1 unspecified atom stereocenters. The highest BCUT2D eigenvalue weighted by atomic mass is 19.1. The van der Waals surface area contributed by atoms with Gasteiger partial charge in [0.25, 0.3) is 0 Å². The normalized spacial score (nSPS) is 12.3. The Balaban J connectivity index is 2.00. The summed E-state index contributed by atoms with van der Waals surface area (Å²) in [5.74, 6) is -2.87. The highest BCUT2D eigenvalue weighted by molar-refractivity contribution is 5.70. The molecule has 0 amide bonds. The molecule has 1 N–H and O–H groups in total. The van der Waals surface area contributed by atoms with Crippen LogP contribution < -0.4 is 9.47 Å². The van der Waals surface area contributed by atoms with E-state index in [1.807, 2.05) is 0 Å². The third-order valence-electron chi connectivity index (χ3n) is 7.06. The Kier molecular flexibility index (Phi) is 10.1. The summed E-state index contributed by atoms with van der Waals surface area (Å²) < 4.78 is 56.6. The van der Waals surface area contributed by atoms with Crippen molar-refractivity contribution < 1.29 is 32.5 Å². The van der Waals surface area contributed by atoms with Crippen LogP contribution in [-0.2, 0) is 17.8 Å². The van der Waals surface area contributed by atoms with E-state index in [9.17, 15) is 14.3 Å². The molecule has 0 bridgehead atoms. The van der Waals surface area contributed by atoms with Gasteiger partial charge >= 0.3 is 5.97 Å². The van der Waals surface area contributed by atoms with Crippen LogP contribution in [0.3, 0.4) is 0 Å². The molecule has 7 heteroatoms. The van der Waals surface area contributed by atoms with Gasteiger partial charge in [-0.25, -0.2) is 13.2 Å². The molecule has 0 fully saturated rings. The number of hydrogen-bond donors (Lipinski definition) is 1. The molecule has 4 nitrogen and oxygen atoms in total. The van der Waals surface area contributed by atoms with Gasteiger partial charge in [-0.2, -0.15) is 0 Å². The van der Waals surface area contributed by atoms with Gasteiger partial charge in [0, 0.05) is 11.1 Å². The molecule has 1 atom stereocenters. The molecular formula is C32H37F3O4. The fraction of sp³-hybridized carbons (Fsp3) is 0.406. The van der Waals surface area contributed by atoms with Crippen molar-refractivity contribution in [1.29, 1.82) is 0 Å². The van der Waals surface area contributed by atoms with Crippen molar-refractivity contribution in [3.63, 3.8) is 0 Å². The zero-order valence-corrected chi connectivity index (χ0v) is 23.2. The van der Waals surface area contributed by atoms with Crippen molar-refractivity contribution in [3.8, 4) is 22.6 Å². The van der Waals surface area contributed by atoms with Crippen LogP contribution in [0.5, 0.6) is 11.5 Å². The molecule has 210 valence electrons. The van der Waals surface area contributed by atoms with Gasteiger partial charge in [0.15, 0.2) is 11.6 Å². The maximum absolute atomic E-state index is 15.4. The smallest absolute Gasteiger partial charge is 0.303 e. The van der Waals surface area contributed by atoms with Gasteiger partial charge in [-0.05, 0) is 83.7 Å². The monoisotopic (exact) mass is 542 g/mol. The van der Waals surface area contributed by atoms with Crippen LogP contribution in [0.2, 0.25) is 0 Å². The minimum absolute atomic E-state index is 0.0773. The second kappa shape index (κ2) is 13.0. The first kappa shape index (κ1) is 30.1. The van der Waals surface area contributed by atoms with Gasteiger partial charge < -0.3 is 14.6 Å². The average molecular weight is 543 g/mol. The van der Waals surface area contributed by atoms with Gasteiger partial charge in [0.1, 0.15) is 24.0 Å². The molecule has 0 aliphatic carbocycles. The number of benzene rings is 3. The van der Waals surface area contributed by atoms with Crippen molar-refractivity contribution >= 4 is 5.97 Å². The first-order chi connectivity index (χ1) is 18.5. The van der Waals surface area contributed by atoms with Crippen molar-refractivity contribution in [2.75, 3.05) is 7.11 Å². The van der Waals surface area contributed by atoms with Crippen molar-refractivity contribution in [2.45, 2.75) is 72.3 Å². The molecule has 0 radical (unpaired) electrons. The molecule has 0 aliphatic rings. The number of methoxy groups -OCH3 is 1. The summed E-state index contributed by atoms with van der Waals surface area (Å²) in [4.78, 5) is 11.2. The second-order valence-corrected chi connectivity index (χ2v) is 10.7. The Morgan fingerprint density at radius 1 is 0.974 bits per heavy atom. The lowest BCUT2D eigenvalue weighted by molar-refractivity contribution is -0.137. The number of hydrogen-bond acceptors (Lipinski definition) is 3. The topological polar surface area (TPSA) is 55.8 Å². The van der Waals surface area contributed by atoms with Gasteiger partial charge in [-0.1, -0.05) is 46.2 Å². The van der Waals surface area contributed by atoms with E-state index in [0.29, 0.717) is 24.2 Å². The highest BCUT2D eigenvalue weighted by Crippen LogP contribution is 2.37. The van der Waals surface area contributed by atoms with E-state index < -0.39 is 29.3 Å². The number of carboxylic acid groups (broad SMARTS) is 1. The number of rotatable bonds is 13. The van der Waals surface area contributed by atoms with Gasteiger partial charge in [0.05, 0.1) is 13.5 Å². The van der Waals surface area contributed by atoms with E-state index >= 15 is 8.78 Å². The van der Waals surface area contributed by atoms with Crippen LogP contribution >= 0.6 is 0 Å². The summed E-state index contributed by atoms with van der Waals surface area (Å²) in [5, 5.41) is 9.18. The summed E-state index contributed by atoms with van der Waals surface area (Å²) in [6.07, 6.45) is 2.69. The van der Waals surface area contributed by atoms with Crippen LogP contribution in [0, 0.1) is 22.9 Å². The van der Waals surface area contributed by atoms with Crippen LogP contribution in [0.15, 0.2) is 48.5 Å². The van der Waals surface area contributed by atoms with E-state index in [-0.39, 0.29) is 40.9 Å². The molecular weight excluding hydrogens is 505 g/mol. The Morgan fingerprint density at radius 3 is 2.36 bits per heavy atom. The molecule has 0 saturated heterocycles. The first-order valence-corrected chi connectivity index (χ1v) is 13.3. The van der Waals surface area contributed by atoms with Crippen molar-refractivity contribution in [3.05, 3.63) is 82.7 Å². The summed E-state index contributed by atoms with van der Waals surface area (Å²) >= 11 is 0. The van der Waals surface area contributed by atoms with Crippen molar-refractivity contribution in [1.82, 2.24) is 0 Å². The van der Waals surface area contributed by atoms with Gasteiger partial charge in [-0.15, -0.1) is 0 Å². The number of aliphatic carboxylic acids is 1. The van der Waals surface area contributed by atoms with E-state index in [4.69, 9.17) is 9.47 Å². The minimum atomic E-state index is -1.01. The summed E-state index contributed by atoms with van der Waals surface area (Å²) in [6, 6.07) is 11.9. The third-order valence-corrected chi connectivity index (χ3v) is 7.06. The second-order valence-electron chi connectivity index (χ2n) is 10.7. The van der Waals surface area contributed by atoms with Gasteiger partial charge in [-0.3, -0.25) is 4.79 Å². The molecule has 3 aromatic carbocycles. The van der Waals surface area contributed by atoms with E-state index in [1.54, 1.807) is 31.2 Å². The molecule has 0 spiro atoms. The minimum Gasteiger partial charge on any atom is -0.497 e. The van der Waals surface area contributed by atoms with Crippen LogP contribution in [-0.4, -0.2) is 18.2 Å². The SMILES string of the molecule is CCCC(C)(C)Cc1cc(COc2cccc(C(CC)CC(=O)O)c2F)c(F)cc1-c1cc(OC)ccc1F. The Labute approximate surface area is 228 Å². The number of carboxylic acids is 1. The van der Waals surface area contributed by atoms with E-state index in [2.05, 4.69) is 20.8 Å². The Bertz CT molecular complexity index is 1300. The standard InChI is InChI=1S/C32H37F3O4/c1-6-13-32(3,4)18-21-14-22(28(34)17-25(21)26-16-23(38-5)11-12-27(26)33)19-39-29-10-8-9-24(31(29)35)20(7-2)15-30(36)37/h8-12,14,16-17,20H,6-7,13,15,18-19H2,1-5H3,(H,36,37). The Morgan fingerprint density at radius 2 is 1.72 bits per heavy atom. The largest absolute Gasteiger partial charge is 0.497 e. The average Bonchev–Trinajstić information content (AvgIpc) is 2.88. The van der Waals surface area contributed by atoms with Crippen molar-refractivity contribution in [2.24, 2.45) is 5.41 Å². The van der Waals surface area contributed by atoms with E-state index in [0.717, 1.165) is 18.4 Å².